The molecule has 198 valence electrons. The molecule has 0 spiro atoms. The number of pyridine rings is 2. The van der Waals surface area contributed by atoms with Crippen LogP contribution in [-0.4, -0.2) is 17.0 Å². The maximum absolute atomic E-state index is 15.3. The van der Waals surface area contributed by atoms with E-state index in [0.717, 1.165) is 46.1 Å². The summed E-state index contributed by atoms with van der Waals surface area (Å²) in [6, 6.07) is 11.9. The van der Waals surface area contributed by atoms with Crippen LogP contribution in [0.4, 0.5) is 21.6 Å². The first-order chi connectivity index (χ1) is 19.0. The molecule has 4 heterocycles. The van der Waals surface area contributed by atoms with E-state index in [1.54, 1.807) is 29.8 Å². The van der Waals surface area contributed by atoms with Gasteiger partial charge in [-0.05, 0) is 74.1 Å². The van der Waals surface area contributed by atoms with E-state index in [1.807, 2.05) is 25.4 Å². The monoisotopic (exact) mass is 537 g/mol. The second-order valence-electron chi connectivity index (χ2n) is 10.3. The zero-order valence-electron chi connectivity index (χ0n) is 22.3. The number of benzene rings is 1. The predicted molar refractivity (Wildman–Crippen MR) is 161 cm³/mol. The van der Waals surface area contributed by atoms with Crippen molar-refractivity contribution < 1.29 is 4.39 Å². The number of nitrogens with one attached hydrogen (secondary N) is 3. The standard InChI is InChI=1S/C32H32FN5S/c1-19-7-10-31(39-19)26-11-12-36-32-27(26)9-8-24(38-32)13-22-15-28(29(33)16-30(22)34-3)23-14-25(18-35-17-23)37-20(2)21-5-4-6-21/h7-8,10-12,14-18,21,34,37H,2,4-6,9,13H2,1,3H3,(H,36,38). The Balaban J connectivity index is 1.26. The molecule has 0 amide bonds. The number of anilines is 3. The zero-order chi connectivity index (χ0) is 26.9. The van der Waals surface area contributed by atoms with Crippen LogP contribution in [0.1, 0.15) is 35.3 Å². The number of fused-ring (bicyclic) bond motifs is 1. The van der Waals surface area contributed by atoms with Gasteiger partial charge in [0, 0.05) is 75.0 Å². The summed E-state index contributed by atoms with van der Waals surface area (Å²) in [7, 11) is 1.82. The van der Waals surface area contributed by atoms with E-state index in [-0.39, 0.29) is 5.82 Å². The summed E-state index contributed by atoms with van der Waals surface area (Å²) in [5.74, 6) is 1.11. The highest BCUT2D eigenvalue weighted by Crippen LogP contribution is 2.37. The third-order valence-electron chi connectivity index (χ3n) is 7.69. The van der Waals surface area contributed by atoms with Gasteiger partial charge in [-0.15, -0.1) is 11.3 Å². The largest absolute Gasteiger partial charge is 0.388 e. The molecule has 0 unspecified atom stereocenters. The Bertz CT molecular complexity index is 1580. The van der Waals surface area contributed by atoms with Crippen LogP contribution < -0.4 is 16.0 Å². The molecule has 6 rings (SSSR count). The molecule has 39 heavy (non-hydrogen) atoms. The van der Waals surface area contributed by atoms with Gasteiger partial charge < -0.3 is 16.0 Å². The number of allylic oxidation sites excluding steroid dienone is 3. The molecule has 1 aliphatic heterocycles. The molecule has 7 heteroatoms. The second kappa shape index (κ2) is 10.7. The van der Waals surface area contributed by atoms with Crippen LogP contribution in [0.15, 0.2) is 79.0 Å². The topological polar surface area (TPSA) is 61.9 Å². The van der Waals surface area contributed by atoms with Crippen molar-refractivity contribution in [2.75, 3.05) is 23.0 Å². The Morgan fingerprint density at radius 2 is 2.03 bits per heavy atom. The molecule has 0 saturated heterocycles. The summed E-state index contributed by atoms with van der Waals surface area (Å²) in [6.07, 6.45) is 12.6. The number of aryl methyl sites for hydroxylation is 1. The highest BCUT2D eigenvalue weighted by Gasteiger charge is 2.21. The quantitative estimate of drug-likeness (QED) is 0.212. The Kier molecular flexibility index (Phi) is 6.92. The van der Waals surface area contributed by atoms with Gasteiger partial charge in [0.05, 0.1) is 11.9 Å². The summed E-state index contributed by atoms with van der Waals surface area (Å²) in [4.78, 5) is 11.6. The van der Waals surface area contributed by atoms with Crippen LogP contribution in [0.3, 0.4) is 0 Å². The molecule has 0 atom stereocenters. The average Bonchev–Trinajstić information content (AvgIpc) is 3.34. The number of halogens is 1. The summed E-state index contributed by atoms with van der Waals surface area (Å²) in [5, 5.41) is 10.1. The van der Waals surface area contributed by atoms with Gasteiger partial charge >= 0.3 is 0 Å². The number of thiophene rings is 1. The van der Waals surface area contributed by atoms with E-state index in [1.165, 1.54) is 40.1 Å². The molecule has 1 fully saturated rings. The molecular formula is C32H32FN5S. The van der Waals surface area contributed by atoms with E-state index in [4.69, 9.17) is 0 Å². The minimum Gasteiger partial charge on any atom is -0.388 e. The molecule has 1 saturated carbocycles. The van der Waals surface area contributed by atoms with Gasteiger partial charge in [0.2, 0.25) is 0 Å². The van der Waals surface area contributed by atoms with Crippen LogP contribution in [0.25, 0.3) is 21.6 Å². The molecule has 3 aromatic heterocycles. The number of hydrogen-bond acceptors (Lipinski definition) is 6. The molecule has 1 aliphatic carbocycles. The van der Waals surface area contributed by atoms with Crippen molar-refractivity contribution in [3.05, 3.63) is 101 Å². The normalized spacial score (nSPS) is 14.6. The highest BCUT2D eigenvalue weighted by atomic mass is 32.1. The van der Waals surface area contributed by atoms with Gasteiger partial charge in [0.1, 0.15) is 11.6 Å². The van der Waals surface area contributed by atoms with Gasteiger partial charge in [0.25, 0.3) is 0 Å². The summed E-state index contributed by atoms with van der Waals surface area (Å²) < 4.78 is 15.3. The minimum atomic E-state index is -0.284. The number of rotatable bonds is 8. The lowest BCUT2D eigenvalue weighted by Gasteiger charge is -2.28. The van der Waals surface area contributed by atoms with Crippen LogP contribution >= 0.6 is 11.3 Å². The SMILES string of the molecule is C=C(Nc1cncc(-c2cc(CC3=CCc4c(-c5ccc(C)s5)ccnc4N3)c(NC)cc2F)c1)C1CCC1. The van der Waals surface area contributed by atoms with Crippen molar-refractivity contribution in [2.45, 2.75) is 39.0 Å². The Labute approximate surface area is 232 Å². The third-order valence-corrected chi connectivity index (χ3v) is 8.72. The average molecular weight is 538 g/mol. The van der Waals surface area contributed by atoms with Gasteiger partial charge in [-0.1, -0.05) is 19.1 Å². The predicted octanol–water partition coefficient (Wildman–Crippen LogP) is 8.18. The van der Waals surface area contributed by atoms with Gasteiger partial charge in [-0.3, -0.25) is 4.98 Å². The summed E-state index contributed by atoms with van der Waals surface area (Å²) in [5.41, 5.74) is 8.34. The maximum Gasteiger partial charge on any atom is 0.134 e. The van der Waals surface area contributed by atoms with Crippen LogP contribution in [-0.2, 0) is 12.8 Å². The fourth-order valence-electron chi connectivity index (χ4n) is 5.28. The van der Waals surface area contributed by atoms with Crippen molar-refractivity contribution >= 4 is 28.5 Å². The van der Waals surface area contributed by atoms with E-state index < -0.39 is 0 Å². The molecule has 3 N–H and O–H groups in total. The molecule has 4 aromatic rings. The lowest BCUT2D eigenvalue weighted by atomic mass is 9.83. The zero-order valence-corrected chi connectivity index (χ0v) is 23.1. The molecule has 2 aliphatic rings. The summed E-state index contributed by atoms with van der Waals surface area (Å²) >= 11 is 1.80. The van der Waals surface area contributed by atoms with Gasteiger partial charge in [-0.25, -0.2) is 9.37 Å². The Hall–Kier alpha value is -3.97. The van der Waals surface area contributed by atoms with E-state index >= 15 is 4.39 Å². The smallest absolute Gasteiger partial charge is 0.134 e. The number of nitrogens with zero attached hydrogens (tertiary/aromatic N) is 2. The third kappa shape index (κ3) is 5.19. The molecule has 1 aromatic carbocycles. The second-order valence-corrected chi connectivity index (χ2v) is 11.6. The molecular weight excluding hydrogens is 505 g/mol. The van der Waals surface area contributed by atoms with Crippen molar-refractivity contribution in [1.82, 2.24) is 9.97 Å². The Morgan fingerprint density at radius 3 is 2.77 bits per heavy atom. The first-order valence-electron chi connectivity index (χ1n) is 13.4. The lowest BCUT2D eigenvalue weighted by Crippen LogP contribution is -2.18. The van der Waals surface area contributed by atoms with E-state index in [2.05, 4.69) is 63.7 Å². The maximum atomic E-state index is 15.3. The first-order valence-corrected chi connectivity index (χ1v) is 14.2. The van der Waals surface area contributed by atoms with E-state index in [9.17, 15) is 0 Å². The highest BCUT2D eigenvalue weighted by molar-refractivity contribution is 7.15. The molecule has 5 nitrogen and oxygen atoms in total. The molecule has 0 radical (unpaired) electrons. The summed E-state index contributed by atoms with van der Waals surface area (Å²) in [6.45, 7) is 6.32. The molecule has 0 bridgehead atoms. The van der Waals surface area contributed by atoms with Gasteiger partial charge in [-0.2, -0.15) is 0 Å². The van der Waals surface area contributed by atoms with Crippen molar-refractivity contribution in [3.8, 4) is 21.6 Å². The van der Waals surface area contributed by atoms with Gasteiger partial charge in [0.15, 0.2) is 0 Å². The van der Waals surface area contributed by atoms with Crippen molar-refractivity contribution in [3.63, 3.8) is 0 Å². The fourth-order valence-corrected chi connectivity index (χ4v) is 6.21. The minimum absolute atomic E-state index is 0.284. The number of aromatic nitrogens is 2. The fraction of sp³-hybridized carbons (Fsp3) is 0.250. The van der Waals surface area contributed by atoms with Crippen LogP contribution in [0, 0.1) is 18.7 Å². The first kappa shape index (κ1) is 25.3. The Morgan fingerprint density at radius 1 is 1.15 bits per heavy atom. The van der Waals surface area contributed by atoms with Crippen molar-refractivity contribution in [1.29, 1.82) is 0 Å². The van der Waals surface area contributed by atoms with Crippen LogP contribution in [0.2, 0.25) is 0 Å². The van der Waals surface area contributed by atoms with Crippen molar-refractivity contribution in [2.24, 2.45) is 5.92 Å². The lowest BCUT2D eigenvalue weighted by molar-refractivity contribution is 0.371. The van der Waals surface area contributed by atoms with E-state index in [0.29, 0.717) is 17.9 Å². The number of hydrogen-bond donors (Lipinski definition) is 3. The van der Waals surface area contributed by atoms with Crippen LogP contribution in [0.5, 0.6) is 0 Å².